The van der Waals surface area contributed by atoms with Gasteiger partial charge in [-0.1, -0.05) is 28.1 Å². The number of amides is 1. The SMILES string of the molecule is CNCCCC(=O)N1CCN(C(C)c2ccc(Br)cc2)CC1.Cl.Cl. The summed E-state index contributed by atoms with van der Waals surface area (Å²) >= 11 is 3.48. The lowest BCUT2D eigenvalue weighted by atomic mass is 10.1. The van der Waals surface area contributed by atoms with Crippen molar-refractivity contribution in [3.8, 4) is 0 Å². The van der Waals surface area contributed by atoms with Crippen LogP contribution in [-0.2, 0) is 4.79 Å². The van der Waals surface area contributed by atoms with Crippen LogP contribution in [0, 0.1) is 0 Å². The molecule has 1 aromatic carbocycles. The van der Waals surface area contributed by atoms with Crippen LogP contribution >= 0.6 is 40.7 Å². The minimum absolute atomic E-state index is 0. The summed E-state index contributed by atoms with van der Waals surface area (Å²) in [7, 11) is 1.92. The summed E-state index contributed by atoms with van der Waals surface area (Å²) in [6.45, 7) is 6.75. The second-order valence-electron chi connectivity index (χ2n) is 5.85. The van der Waals surface area contributed by atoms with E-state index in [1.165, 1.54) is 5.56 Å². The van der Waals surface area contributed by atoms with Crippen molar-refractivity contribution in [2.24, 2.45) is 0 Å². The summed E-state index contributed by atoms with van der Waals surface area (Å²) < 4.78 is 1.11. The zero-order chi connectivity index (χ0) is 15.9. The highest BCUT2D eigenvalue weighted by Gasteiger charge is 2.24. The zero-order valence-corrected chi connectivity index (χ0v) is 17.6. The van der Waals surface area contributed by atoms with Crippen molar-refractivity contribution in [3.63, 3.8) is 0 Å². The van der Waals surface area contributed by atoms with Crippen molar-refractivity contribution in [3.05, 3.63) is 34.3 Å². The monoisotopic (exact) mass is 439 g/mol. The smallest absolute Gasteiger partial charge is 0.222 e. The molecule has 0 spiro atoms. The second-order valence-corrected chi connectivity index (χ2v) is 6.77. The number of rotatable bonds is 6. The van der Waals surface area contributed by atoms with Gasteiger partial charge in [0.1, 0.15) is 0 Å². The fourth-order valence-corrected chi connectivity index (χ4v) is 3.15. The molecular weight excluding hydrogens is 413 g/mol. The van der Waals surface area contributed by atoms with Gasteiger partial charge in [0.25, 0.3) is 0 Å². The molecule has 1 saturated heterocycles. The lowest BCUT2D eigenvalue weighted by molar-refractivity contribution is -0.133. The average molecular weight is 441 g/mol. The highest BCUT2D eigenvalue weighted by atomic mass is 79.9. The molecule has 1 N–H and O–H groups in total. The quantitative estimate of drug-likeness (QED) is 0.687. The van der Waals surface area contributed by atoms with Crippen LogP contribution in [0.25, 0.3) is 0 Å². The van der Waals surface area contributed by atoms with Gasteiger partial charge in [-0.25, -0.2) is 0 Å². The largest absolute Gasteiger partial charge is 0.340 e. The van der Waals surface area contributed by atoms with Crippen molar-refractivity contribution in [2.45, 2.75) is 25.8 Å². The highest BCUT2D eigenvalue weighted by Crippen LogP contribution is 2.23. The van der Waals surface area contributed by atoms with Gasteiger partial charge in [0, 0.05) is 43.1 Å². The highest BCUT2D eigenvalue weighted by molar-refractivity contribution is 9.10. The van der Waals surface area contributed by atoms with Crippen LogP contribution in [0.2, 0.25) is 0 Å². The van der Waals surface area contributed by atoms with E-state index >= 15 is 0 Å². The maximum Gasteiger partial charge on any atom is 0.222 e. The van der Waals surface area contributed by atoms with E-state index in [0.29, 0.717) is 18.4 Å². The summed E-state index contributed by atoms with van der Waals surface area (Å²) in [4.78, 5) is 16.6. The molecule has 138 valence electrons. The zero-order valence-electron chi connectivity index (χ0n) is 14.3. The Morgan fingerprint density at radius 2 is 1.75 bits per heavy atom. The molecule has 1 fully saturated rings. The Hall–Kier alpha value is -0.330. The third kappa shape index (κ3) is 6.89. The number of hydrogen-bond donors (Lipinski definition) is 1. The third-order valence-corrected chi connectivity index (χ3v) is 4.91. The third-order valence-electron chi connectivity index (χ3n) is 4.38. The fraction of sp³-hybridized carbons (Fsp3) is 0.588. The number of halogens is 3. The molecule has 0 aromatic heterocycles. The van der Waals surface area contributed by atoms with Gasteiger partial charge in [-0.2, -0.15) is 0 Å². The maximum absolute atomic E-state index is 12.1. The molecule has 2 rings (SSSR count). The van der Waals surface area contributed by atoms with E-state index in [1.54, 1.807) is 0 Å². The molecule has 1 aromatic rings. The summed E-state index contributed by atoms with van der Waals surface area (Å²) in [5, 5.41) is 3.09. The molecule has 1 aliphatic heterocycles. The molecular formula is C17H28BrCl2N3O. The number of nitrogens with one attached hydrogen (secondary N) is 1. The molecule has 1 unspecified atom stereocenters. The standard InChI is InChI=1S/C17H26BrN3O.2ClH/c1-14(15-5-7-16(18)8-6-15)20-10-12-21(13-11-20)17(22)4-3-9-19-2;;/h5-8,14,19H,3-4,9-13H2,1-2H3;2*1H. The average Bonchev–Trinajstić information content (AvgIpc) is 2.55. The molecule has 0 aliphatic carbocycles. The van der Waals surface area contributed by atoms with Crippen molar-refractivity contribution in [1.82, 2.24) is 15.1 Å². The first-order chi connectivity index (χ1) is 10.6. The molecule has 1 heterocycles. The molecule has 1 amide bonds. The molecule has 0 bridgehead atoms. The topological polar surface area (TPSA) is 35.6 Å². The van der Waals surface area contributed by atoms with Gasteiger partial charge in [-0.15, -0.1) is 24.8 Å². The Bertz CT molecular complexity index is 479. The number of carbonyl (C=O) groups is 1. The first-order valence-electron chi connectivity index (χ1n) is 8.03. The van der Waals surface area contributed by atoms with Crippen molar-refractivity contribution < 1.29 is 4.79 Å². The Balaban J connectivity index is 0.00000264. The van der Waals surface area contributed by atoms with Crippen LogP contribution in [0.5, 0.6) is 0 Å². The Morgan fingerprint density at radius 3 is 2.29 bits per heavy atom. The number of carbonyl (C=O) groups excluding carboxylic acids is 1. The van der Waals surface area contributed by atoms with Gasteiger partial charge in [-0.05, 0) is 44.6 Å². The summed E-state index contributed by atoms with van der Waals surface area (Å²) in [6.07, 6.45) is 1.58. The lowest BCUT2D eigenvalue weighted by Crippen LogP contribution is -2.49. The molecule has 0 radical (unpaired) electrons. The van der Waals surface area contributed by atoms with Crippen molar-refractivity contribution in [2.75, 3.05) is 39.8 Å². The van der Waals surface area contributed by atoms with E-state index < -0.39 is 0 Å². The minimum Gasteiger partial charge on any atom is -0.340 e. The van der Waals surface area contributed by atoms with Gasteiger partial charge >= 0.3 is 0 Å². The molecule has 1 atom stereocenters. The van der Waals surface area contributed by atoms with Gasteiger partial charge in [-0.3, -0.25) is 9.69 Å². The van der Waals surface area contributed by atoms with E-state index in [-0.39, 0.29) is 24.8 Å². The van der Waals surface area contributed by atoms with Crippen LogP contribution in [0.15, 0.2) is 28.7 Å². The first kappa shape index (κ1) is 23.7. The number of nitrogens with zero attached hydrogens (tertiary/aromatic N) is 2. The van der Waals surface area contributed by atoms with E-state index in [0.717, 1.165) is 43.6 Å². The molecule has 0 saturated carbocycles. The number of piperazine rings is 1. The Morgan fingerprint density at radius 1 is 1.17 bits per heavy atom. The van der Waals surface area contributed by atoms with E-state index in [4.69, 9.17) is 0 Å². The predicted octanol–water partition coefficient (Wildman–Crippen LogP) is 3.50. The Kier molecular flexibility index (Phi) is 11.9. The molecule has 4 nitrogen and oxygen atoms in total. The lowest BCUT2D eigenvalue weighted by Gasteiger charge is -2.38. The van der Waals surface area contributed by atoms with Crippen LogP contribution in [-0.4, -0.2) is 55.5 Å². The second kappa shape index (κ2) is 12.1. The van der Waals surface area contributed by atoms with Gasteiger partial charge in [0.15, 0.2) is 0 Å². The summed E-state index contributed by atoms with van der Waals surface area (Å²) in [5.41, 5.74) is 1.33. The van der Waals surface area contributed by atoms with Crippen LogP contribution in [0.3, 0.4) is 0 Å². The van der Waals surface area contributed by atoms with Gasteiger partial charge < -0.3 is 10.2 Å². The van der Waals surface area contributed by atoms with E-state index in [2.05, 4.69) is 57.3 Å². The number of hydrogen-bond acceptors (Lipinski definition) is 3. The number of benzene rings is 1. The van der Waals surface area contributed by atoms with Gasteiger partial charge in [0.05, 0.1) is 0 Å². The van der Waals surface area contributed by atoms with Crippen molar-refractivity contribution >= 4 is 46.7 Å². The summed E-state index contributed by atoms with van der Waals surface area (Å²) in [5.74, 6) is 0.297. The van der Waals surface area contributed by atoms with E-state index in [9.17, 15) is 4.79 Å². The first-order valence-corrected chi connectivity index (χ1v) is 8.83. The summed E-state index contributed by atoms with van der Waals surface area (Å²) in [6, 6.07) is 8.92. The van der Waals surface area contributed by atoms with Crippen molar-refractivity contribution in [1.29, 1.82) is 0 Å². The normalized spacial score (nSPS) is 16.0. The fourth-order valence-electron chi connectivity index (χ4n) is 2.89. The Labute approximate surface area is 166 Å². The molecule has 1 aliphatic rings. The van der Waals surface area contributed by atoms with Gasteiger partial charge in [0.2, 0.25) is 5.91 Å². The maximum atomic E-state index is 12.1. The minimum atomic E-state index is 0. The van der Waals surface area contributed by atoms with Crippen LogP contribution < -0.4 is 5.32 Å². The molecule has 24 heavy (non-hydrogen) atoms. The van der Waals surface area contributed by atoms with Crippen LogP contribution in [0.1, 0.15) is 31.4 Å². The molecule has 7 heteroatoms. The van der Waals surface area contributed by atoms with E-state index in [1.807, 2.05) is 11.9 Å². The predicted molar refractivity (Wildman–Crippen MR) is 108 cm³/mol. The van der Waals surface area contributed by atoms with Crippen LogP contribution in [0.4, 0.5) is 0 Å².